The van der Waals surface area contributed by atoms with Crippen LogP contribution in [0, 0.1) is 0 Å². The minimum absolute atomic E-state index is 0.0358. The van der Waals surface area contributed by atoms with Gasteiger partial charge in [-0.1, -0.05) is 36.4 Å². The number of nitrogens with one attached hydrogen (secondary N) is 1. The van der Waals surface area contributed by atoms with E-state index in [1.165, 1.54) is 6.08 Å². The zero-order valence-electron chi connectivity index (χ0n) is 21.6. The second-order valence-electron chi connectivity index (χ2n) is 9.79. The summed E-state index contributed by atoms with van der Waals surface area (Å²) in [6.45, 7) is 5.22. The molecule has 2 aromatic carbocycles. The lowest BCUT2D eigenvalue weighted by Gasteiger charge is -2.46. The van der Waals surface area contributed by atoms with E-state index in [1.807, 2.05) is 70.2 Å². The van der Waals surface area contributed by atoms with Gasteiger partial charge in [-0.05, 0) is 41.5 Å². The smallest absolute Gasteiger partial charge is 0.275 e. The van der Waals surface area contributed by atoms with Gasteiger partial charge in [0.25, 0.3) is 5.91 Å². The van der Waals surface area contributed by atoms with Crippen LogP contribution in [0.5, 0.6) is 0 Å². The van der Waals surface area contributed by atoms with E-state index in [0.717, 1.165) is 67.1 Å². The first-order valence-corrected chi connectivity index (χ1v) is 13.2. The second-order valence-corrected chi connectivity index (χ2v) is 9.79. The predicted octanol–water partition coefficient (Wildman–Crippen LogP) is 2.91. The first-order chi connectivity index (χ1) is 19.2. The molecule has 0 spiro atoms. The average Bonchev–Trinajstić information content (AvgIpc) is 3.35. The molecule has 0 atom stereocenters. The Hall–Kier alpha value is -4.34. The first kappa shape index (κ1) is 25.0. The number of aromatic nitrogens is 3. The lowest BCUT2D eigenvalue weighted by molar-refractivity contribution is -0.116. The number of rotatable bonds is 7. The Bertz CT molecular complexity index is 1490. The second kappa shape index (κ2) is 11.2. The summed E-state index contributed by atoms with van der Waals surface area (Å²) < 4.78 is 7.27. The van der Waals surface area contributed by atoms with Gasteiger partial charge in [-0.25, -0.2) is 4.68 Å². The molecule has 9 nitrogen and oxygen atoms in total. The van der Waals surface area contributed by atoms with Crippen LogP contribution in [0.3, 0.4) is 0 Å². The van der Waals surface area contributed by atoms with Crippen molar-refractivity contribution in [1.29, 1.82) is 0 Å². The number of carbonyl (C=O) groups is 2. The van der Waals surface area contributed by atoms with Crippen LogP contribution in [-0.2, 0) is 16.1 Å². The number of morpholine rings is 1. The topological polar surface area (TPSA) is 92.6 Å². The summed E-state index contributed by atoms with van der Waals surface area (Å²) in [7, 11) is 0. The molecule has 2 fully saturated rings. The maximum Gasteiger partial charge on any atom is 0.275 e. The van der Waals surface area contributed by atoms with Crippen molar-refractivity contribution in [3.63, 3.8) is 0 Å². The molecule has 1 N–H and O–H groups in total. The molecular formula is C30H30N6O3. The average molecular weight is 523 g/mol. The van der Waals surface area contributed by atoms with Crippen LogP contribution in [0.15, 0.2) is 79.1 Å². The summed E-state index contributed by atoms with van der Waals surface area (Å²) in [5.74, 6) is -0.211. The van der Waals surface area contributed by atoms with Gasteiger partial charge in [-0.3, -0.25) is 19.5 Å². The fourth-order valence-corrected chi connectivity index (χ4v) is 5.01. The number of benzene rings is 2. The summed E-state index contributed by atoms with van der Waals surface area (Å²) in [5.41, 5.74) is 4.03. The molecule has 4 aromatic rings. The summed E-state index contributed by atoms with van der Waals surface area (Å²) in [5, 5.41) is 8.46. The van der Waals surface area contributed by atoms with Crippen LogP contribution in [0.2, 0.25) is 0 Å². The molecule has 2 saturated heterocycles. The van der Waals surface area contributed by atoms with Crippen molar-refractivity contribution < 1.29 is 14.3 Å². The largest absolute Gasteiger partial charge is 0.379 e. The van der Waals surface area contributed by atoms with Gasteiger partial charge in [0.15, 0.2) is 5.69 Å². The lowest BCUT2D eigenvalue weighted by atomic mass is 10.1. The zero-order valence-corrected chi connectivity index (χ0v) is 21.6. The Morgan fingerprint density at radius 1 is 1.00 bits per heavy atom. The number of hydrogen-bond acceptors (Lipinski definition) is 6. The van der Waals surface area contributed by atoms with Gasteiger partial charge < -0.3 is 15.0 Å². The van der Waals surface area contributed by atoms with E-state index in [2.05, 4.69) is 15.2 Å². The van der Waals surface area contributed by atoms with Gasteiger partial charge >= 0.3 is 0 Å². The van der Waals surface area contributed by atoms with Crippen molar-refractivity contribution in [2.45, 2.75) is 12.6 Å². The predicted molar refractivity (Wildman–Crippen MR) is 148 cm³/mol. The van der Waals surface area contributed by atoms with Crippen molar-refractivity contribution in [1.82, 2.24) is 29.9 Å². The van der Waals surface area contributed by atoms with Crippen molar-refractivity contribution in [3.8, 4) is 5.69 Å². The lowest BCUT2D eigenvalue weighted by Crippen LogP contribution is -2.62. The molecule has 2 aliphatic rings. The van der Waals surface area contributed by atoms with Crippen LogP contribution >= 0.6 is 0 Å². The minimum Gasteiger partial charge on any atom is -0.379 e. The van der Waals surface area contributed by atoms with Gasteiger partial charge in [0, 0.05) is 62.6 Å². The van der Waals surface area contributed by atoms with Crippen molar-refractivity contribution in [2.75, 3.05) is 39.4 Å². The molecule has 0 bridgehead atoms. The number of pyridine rings is 1. The SMILES string of the molecule is O=C(C=Cc1ccc(-n2nc(C(=O)N3CC(N4CCOCC4)C3)c3ccccc32)cc1)NCc1cccnc1. The highest BCUT2D eigenvalue weighted by Gasteiger charge is 2.37. The maximum atomic E-state index is 13.4. The molecule has 9 heteroatoms. The Morgan fingerprint density at radius 2 is 1.79 bits per heavy atom. The molecule has 0 saturated carbocycles. The first-order valence-electron chi connectivity index (χ1n) is 13.2. The molecule has 4 heterocycles. The fourth-order valence-electron chi connectivity index (χ4n) is 5.01. The van der Waals surface area contributed by atoms with Crippen LogP contribution in [-0.4, -0.2) is 81.8 Å². The van der Waals surface area contributed by atoms with Crippen molar-refractivity contribution >= 4 is 28.8 Å². The highest BCUT2D eigenvalue weighted by molar-refractivity contribution is 6.05. The van der Waals surface area contributed by atoms with E-state index in [0.29, 0.717) is 18.3 Å². The standard InChI is InChI=1S/C30H30N6O3/c37-28(32-19-23-4-3-13-31-18-23)12-9-22-7-10-24(11-8-22)36-27-6-2-1-5-26(27)29(33-36)30(38)35-20-25(21-35)34-14-16-39-17-15-34/h1-13,18,25H,14-17,19-21H2,(H,32,37). The number of hydrogen-bond donors (Lipinski definition) is 1. The van der Waals surface area contributed by atoms with E-state index in [-0.39, 0.29) is 11.8 Å². The van der Waals surface area contributed by atoms with E-state index in [1.54, 1.807) is 18.5 Å². The fraction of sp³-hybridized carbons (Fsp3) is 0.267. The summed E-state index contributed by atoms with van der Waals surface area (Å²) >= 11 is 0. The summed E-state index contributed by atoms with van der Waals surface area (Å²) in [6.07, 6.45) is 6.72. The van der Waals surface area contributed by atoms with Gasteiger partial charge in [0.1, 0.15) is 0 Å². The van der Waals surface area contributed by atoms with Crippen LogP contribution in [0.4, 0.5) is 0 Å². The highest BCUT2D eigenvalue weighted by atomic mass is 16.5. The van der Waals surface area contributed by atoms with Crippen LogP contribution in [0.1, 0.15) is 21.6 Å². The molecule has 198 valence electrons. The van der Waals surface area contributed by atoms with E-state index >= 15 is 0 Å². The Balaban J connectivity index is 1.13. The zero-order chi connectivity index (χ0) is 26.6. The number of carbonyl (C=O) groups excluding carboxylic acids is 2. The third-order valence-corrected chi connectivity index (χ3v) is 7.26. The molecular weight excluding hydrogens is 492 g/mol. The van der Waals surface area contributed by atoms with Crippen LogP contribution in [0.25, 0.3) is 22.7 Å². The number of ether oxygens (including phenoxy) is 1. The molecule has 6 rings (SSSR count). The minimum atomic E-state index is -0.175. The van der Waals surface area contributed by atoms with E-state index in [9.17, 15) is 9.59 Å². The molecule has 2 aliphatic heterocycles. The third kappa shape index (κ3) is 5.45. The molecule has 0 aliphatic carbocycles. The number of para-hydroxylation sites is 1. The van der Waals surface area contributed by atoms with Gasteiger partial charge in [0.05, 0.1) is 24.4 Å². The number of nitrogens with zero attached hydrogens (tertiary/aromatic N) is 5. The highest BCUT2D eigenvalue weighted by Crippen LogP contribution is 2.26. The number of fused-ring (bicyclic) bond motifs is 1. The van der Waals surface area contributed by atoms with Gasteiger partial charge in [-0.15, -0.1) is 0 Å². The van der Waals surface area contributed by atoms with Gasteiger partial charge in [0.2, 0.25) is 5.91 Å². The quantitative estimate of drug-likeness (QED) is 0.375. The van der Waals surface area contributed by atoms with Crippen LogP contribution < -0.4 is 5.32 Å². The molecule has 0 unspecified atom stereocenters. The number of amides is 2. The molecule has 0 radical (unpaired) electrons. The Kier molecular flexibility index (Phi) is 7.16. The molecule has 2 amide bonds. The monoisotopic (exact) mass is 522 g/mol. The molecule has 39 heavy (non-hydrogen) atoms. The van der Waals surface area contributed by atoms with Crippen molar-refractivity contribution in [3.05, 3.63) is 96.0 Å². The normalized spacial score (nSPS) is 16.5. The Morgan fingerprint density at radius 3 is 2.56 bits per heavy atom. The maximum absolute atomic E-state index is 13.4. The Labute approximate surface area is 226 Å². The van der Waals surface area contributed by atoms with Gasteiger partial charge in [-0.2, -0.15) is 5.10 Å². The molecule has 2 aromatic heterocycles. The number of likely N-dealkylation sites (tertiary alicyclic amines) is 1. The van der Waals surface area contributed by atoms with E-state index < -0.39 is 0 Å². The summed E-state index contributed by atoms with van der Waals surface area (Å²) in [4.78, 5) is 34.0. The van der Waals surface area contributed by atoms with Crippen molar-refractivity contribution in [2.24, 2.45) is 0 Å². The van der Waals surface area contributed by atoms with E-state index in [4.69, 9.17) is 9.84 Å². The third-order valence-electron chi connectivity index (χ3n) is 7.26. The summed E-state index contributed by atoms with van der Waals surface area (Å²) in [6, 6.07) is 19.7.